The lowest BCUT2D eigenvalue weighted by atomic mass is 9.95. The third-order valence-corrected chi connectivity index (χ3v) is 17.9. The maximum atomic E-state index is 17.4. The number of benzene rings is 2. The molecule has 6 nitrogen and oxygen atoms in total. The van der Waals surface area contributed by atoms with E-state index in [9.17, 15) is 0 Å². The summed E-state index contributed by atoms with van der Waals surface area (Å²) in [5.74, 6) is 4.43. The number of aromatic nitrogens is 3. The van der Waals surface area contributed by atoms with Crippen molar-refractivity contribution in [1.29, 1.82) is 0 Å². The van der Waals surface area contributed by atoms with Crippen molar-refractivity contribution in [3.63, 3.8) is 0 Å². The minimum absolute atomic E-state index is 0.00831. The highest BCUT2D eigenvalue weighted by molar-refractivity contribution is 7.99. The fourth-order valence-corrected chi connectivity index (χ4v) is 14.3. The Labute approximate surface area is 301 Å². The fourth-order valence-electron chi connectivity index (χ4n) is 8.56. The molecule has 0 spiro atoms. The number of rotatable bonds is 9. The Balaban J connectivity index is 1.68. The number of ether oxygens (including phenoxy) is 2. The molecule has 2 aromatic heterocycles. The van der Waals surface area contributed by atoms with Gasteiger partial charge in [-0.3, -0.25) is 0 Å². The van der Waals surface area contributed by atoms with Crippen LogP contribution in [-0.4, -0.2) is 55.3 Å². The number of hydrogen-bond acceptors (Lipinski definition) is 7. The van der Waals surface area contributed by atoms with E-state index < -0.39 is 19.7 Å². The molecular weight excluding hydrogens is 667 g/mol. The van der Waals surface area contributed by atoms with Crippen LogP contribution in [0.1, 0.15) is 91.8 Å². The van der Waals surface area contributed by atoms with Crippen LogP contribution >= 0.6 is 11.8 Å². The predicted molar refractivity (Wildman–Crippen MR) is 205 cm³/mol. The van der Waals surface area contributed by atoms with E-state index in [0.29, 0.717) is 61.7 Å². The quantitative estimate of drug-likeness (QED) is 0.0562. The van der Waals surface area contributed by atoms with Gasteiger partial charge in [0.05, 0.1) is 16.6 Å². The van der Waals surface area contributed by atoms with E-state index in [2.05, 4.69) is 64.8 Å². The average Bonchev–Trinajstić information content (AvgIpc) is 3.40. The van der Waals surface area contributed by atoms with E-state index in [4.69, 9.17) is 24.4 Å². The van der Waals surface area contributed by atoms with Crippen molar-refractivity contribution >= 4 is 47.3 Å². The Morgan fingerprint density at radius 3 is 2.42 bits per heavy atom. The van der Waals surface area contributed by atoms with Gasteiger partial charge < -0.3 is 14.4 Å². The van der Waals surface area contributed by atoms with E-state index in [1.807, 2.05) is 6.07 Å². The first-order valence-electron chi connectivity index (χ1n) is 18.2. The van der Waals surface area contributed by atoms with Gasteiger partial charge in [-0.25, -0.2) is 23.7 Å². The normalized spacial score (nSPS) is 16.5. The Morgan fingerprint density at radius 1 is 0.960 bits per heavy atom. The van der Waals surface area contributed by atoms with Crippen LogP contribution in [0.4, 0.5) is 14.6 Å². The van der Waals surface area contributed by atoms with Crippen LogP contribution in [0.5, 0.6) is 5.75 Å². The van der Waals surface area contributed by atoms with Crippen molar-refractivity contribution in [2.24, 2.45) is 0 Å². The van der Waals surface area contributed by atoms with Crippen molar-refractivity contribution in [2.45, 2.75) is 115 Å². The summed E-state index contributed by atoms with van der Waals surface area (Å²) in [5.41, 5.74) is 6.68. The van der Waals surface area contributed by atoms with Crippen molar-refractivity contribution in [1.82, 2.24) is 15.0 Å². The molecule has 4 aromatic rings. The predicted octanol–water partition coefficient (Wildman–Crippen LogP) is 10.5. The van der Waals surface area contributed by atoms with Crippen LogP contribution in [0.3, 0.4) is 0 Å². The number of fused-ring (bicyclic) bond motifs is 3. The molecule has 0 unspecified atom stereocenters. The fraction of sp³-hybridized carbons (Fsp3) is 0.525. The van der Waals surface area contributed by atoms with Gasteiger partial charge in [-0.05, 0) is 71.6 Å². The summed E-state index contributed by atoms with van der Waals surface area (Å²) in [6, 6.07) is 7.06. The zero-order valence-corrected chi connectivity index (χ0v) is 32.6. The molecule has 2 aliphatic rings. The average molecular weight is 717 g/mol. The lowest BCUT2D eigenvalue weighted by Crippen LogP contribution is -2.43. The molecule has 0 radical (unpaired) electrons. The lowest BCUT2D eigenvalue weighted by molar-refractivity contribution is 0.0512. The van der Waals surface area contributed by atoms with Gasteiger partial charge in [-0.2, -0.15) is 0 Å². The Hall–Kier alpha value is -3.26. The molecule has 6 rings (SSSR count). The summed E-state index contributed by atoms with van der Waals surface area (Å²) >= 11 is 1.51. The van der Waals surface area contributed by atoms with Gasteiger partial charge in [-0.15, -0.1) is 5.54 Å². The Morgan fingerprint density at radius 2 is 1.72 bits per heavy atom. The Kier molecular flexibility index (Phi) is 11.1. The molecule has 50 heavy (non-hydrogen) atoms. The number of halogens is 2. The van der Waals surface area contributed by atoms with Crippen molar-refractivity contribution < 1.29 is 18.3 Å². The van der Waals surface area contributed by atoms with Crippen LogP contribution in [0.15, 0.2) is 29.4 Å². The minimum Gasteiger partial charge on any atom is -0.468 e. The number of nitrogens with zero attached hydrogens (tertiary/aromatic N) is 4. The summed E-state index contributed by atoms with van der Waals surface area (Å²) in [6.45, 7) is 16.4. The SMILES string of the molecule is CCSc1nc2c3c(nc(-c4cc(OCOC)cc5ccc(F)c(C#C[Si](C(C)C)(C(C)C)C(C)C)c45)c(F)c3n1)CC[C@@H]1CCCCCN21. The minimum atomic E-state index is -2.23. The highest BCUT2D eigenvalue weighted by Gasteiger charge is 2.42. The molecule has 0 aliphatic carbocycles. The van der Waals surface area contributed by atoms with Gasteiger partial charge in [0.1, 0.15) is 36.7 Å². The summed E-state index contributed by atoms with van der Waals surface area (Å²) in [4.78, 5) is 17.4. The highest BCUT2D eigenvalue weighted by Crippen LogP contribution is 2.44. The number of anilines is 1. The number of thioether (sulfide) groups is 1. The molecule has 4 heterocycles. The van der Waals surface area contributed by atoms with Gasteiger partial charge >= 0.3 is 0 Å². The Bertz CT molecular complexity index is 1940. The first kappa shape index (κ1) is 36.5. The highest BCUT2D eigenvalue weighted by atomic mass is 32.2. The molecule has 266 valence electrons. The van der Waals surface area contributed by atoms with Crippen LogP contribution in [-0.2, 0) is 11.2 Å². The molecule has 1 saturated heterocycles. The van der Waals surface area contributed by atoms with Gasteiger partial charge in [0, 0.05) is 30.6 Å². The topological polar surface area (TPSA) is 60.4 Å². The summed E-state index contributed by atoms with van der Waals surface area (Å²) in [5, 5.41) is 2.47. The van der Waals surface area contributed by atoms with E-state index in [0.717, 1.165) is 43.1 Å². The number of pyridine rings is 1. The smallest absolute Gasteiger partial charge is 0.190 e. The molecule has 2 aromatic carbocycles. The van der Waals surface area contributed by atoms with Gasteiger partial charge in [0.25, 0.3) is 0 Å². The second-order valence-electron chi connectivity index (χ2n) is 14.6. The number of hydrogen-bond donors (Lipinski definition) is 0. The second-order valence-corrected chi connectivity index (χ2v) is 21.4. The molecule has 1 fully saturated rings. The van der Waals surface area contributed by atoms with Crippen molar-refractivity contribution in [3.05, 3.63) is 47.2 Å². The standard InChI is InChI=1S/C40H50F2N4O2SSi/c1-9-49-40-44-38-35-33(17-15-28-13-11-10-12-19-46(28)39(35)45-40)43-37(36(38)42)31-22-29(48-23-47-8)21-27-14-16-32(41)30(34(27)31)18-20-50(24(2)3,25(4)5)26(6)7/h14,16,21-22,24-26,28H,9-13,15,17,19,23H2,1-8H3/t28-/m0/s1. The van der Waals surface area contributed by atoms with Crippen molar-refractivity contribution in [3.8, 4) is 28.5 Å². The van der Waals surface area contributed by atoms with Crippen molar-refractivity contribution in [2.75, 3.05) is 31.1 Å². The molecule has 1 atom stereocenters. The van der Waals surface area contributed by atoms with Gasteiger partial charge in [0.2, 0.25) is 0 Å². The molecule has 2 aliphatic heterocycles. The molecule has 0 N–H and O–H groups in total. The third-order valence-electron chi connectivity index (χ3n) is 10.9. The van der Waals surface area contributed by atoms with Crippen LogP contribution in [0, 0.1) is 23.1 Å². The van der Waals surface area contributed by atoms with E-state index in [1.54, 1.807) is 19.2 Å². The van der Waals surface area contributed by atoms with E-state index in [1.165, 1.54) is 30.7 Å². The molecule has 0 saturated carbocycles. The largest absolute Gasteiger partial charge is 0.468 e. The number of aryl methyl sites for hydroxylation is 1. The van der Waals surface area contributed by atoms with Gasteiger partial charge in [0.15, 0.2) is 17.8 Å². The molecule has 0 bridgehead atoms. The maximum absolute atomic E-state index is 17.4. The molecule has 0 amide bonds. The van der Waals surface area contributed by atoms with Gasteiger partial charge in [-0.1, -0.05) is 85.1 Å². The van der Waals surface area contributed by atoms with E-state index >= 15 is 8.78 Å². The zero-order chi connectivity index (χ0) is 35.7. The van der Waals surface area contributed by atoms with Crippen LogP contribution in [0.25, 0.3) is 32.9 Å². The van der Waals surface area contributed by atoms with E-state index in [-0.39, 0.29) is 23.6 Å². The van der Waals surface area contributed by atoms with Crippen LogP contribution < -0.4 is 9.64 Å². The zero-order valence-electron chi connectivity index (χ0n) is 30.8. The summed E-state index contributed by atoms with van der Waals surface area (Å²) in [6.07, 6.45) is 6.07. The second kappa shape index (κ2) is 15.1. The maximum Gasteiger partial charge on any atom is 0.190 e. The molecule has 10 heteroatoms. The van der Waals surface area contributed by atoms with Crippen LogP contribution in [0.2, 0.25) is 16.6 Å². The lowest BCUT2D eigenvalue weighted by Gasteiger charge is -2.38. The number of methoxy groups -OCH3 is 1. The first-order valence-corrected chi connectivity index (χ1v) is 21.4. The first-order chi connectivity index (χ1) is 24.0. The summed E-state index contributed by atoms with van der Waals surface area (Å²) in [7, 11) is -0.676. The third kappa shape index (κ3) is 6.62. The molecular formula is C40H50F2N4O2SSi. The monoisotopic (exact) mass is 716 g/mol. The summed E-state index contributed by atoms with van der Waals surface area (Å²) < 4.78 is 44.7.